The van der Waals surface area contributed by atoms with E-state index in [1.54, 1.807) is 12.4 Å². The SMILES string of the molecule is CC(=O)[O-].CC(=O)[O-].Cc1cc([Si](C)(C)C)cc(C=Nc2cc3ccccc3cc2N=Cc2cc([Si](C)(C)C)cc(C)c2O)c1O.[Co+2]. The predicted molar refractivity (Wildman–Crippen MR) is 191 cm³/mol. The zero-order valence-electron chi connectivity index (χ0n) is 28.7. The number of phenols is 2. The van der Waals surface area contributed by atoms with Crippen LogP contribution in [0.25, 0.3) is 10.8 Å². The Kier molecular flexibility index (Phi) is 15.0. The van der Waals surface area contributed by atoms with E-state index in [-0.39, 0.29) is 28.3 Å². The first kappa shape index (κ1) is 41.0. The van der Waals surface area contributed by atoms with E-state index in [1.165, 1.54) is 10.4 Å². The number of phenolic OH excluding ortho intramolecular Hbond substituents is 2. The average Bonchev–Trinajstić information content (AvgIpc) is 2.92. The molecule has 0 amide bonds. The molecule has 2 N–H and O–H groups in total. The van der Waals surface area contributed by atoms with Crippen molar-refractivity contribution in [3.63, 3.8) is 0 Å². The zero-order valence-corrected chi connectivity index (χ0v) is 31.7. The van der Waals surface area contributed by atoms with Gasteiger partial charge in [-0.2, -0.15) is 0 Å². The number of carbonyl (C=O) groups excluding carboxylic acids is 2. The molecule has 4 rings (SSSR count). The van der Waals surface area contributed by atoms with Crippen molar-refractivity contribution >= 4 is 73.0 Å². The molecule has 1 radical (unpaired) electrons. The van der Waals surface area contributed by atoms with Gasteiger partial charge in [0.25, 0.3) is 0 Å². The molecule has 47 heavy (non-hydrogen) atoms. The van der Waals surface area contributed by atoms with E-state index in [0.29, 0.717) is 22.5 Å². The summed E-state index contributed by atoms with van der Waals surface area (Å²) in [6.45, 7) is 19.6. The number of carboxylic acids is 2. The Morgan fingerprint density at radius 3 is 1.21 bits per heavy atom. The summed E-state index contributed by atoms with van der Waals surface area (Å²) in [5, 5.41) is 44.0. The molecule has 0 aromatic heterocycles. The molecule has 0 saturated carbocycles. The molecule has 0 saturated heterocycles. The van der Waals surface area contributed by atoms with Crippen LogP contribution in [0.5, 0.6) is 11.5 Å². The van der Waals surface area contributed by atoms with E-state index >= 15 is 0 Å². The number of fused-ring (bicyclic) bond motifs is 1. The first-order chi connectivity index (χ1) is 21.2. The number of aromatic hydroxyl groups is 2. The minimum atomic E-state index is -1.57. The van der Waals surface area contributed by atoms with Crippen LogP contribution >= 0.6 is 0 Å². The predicted octanol–water partition coefficient (Wildman–Crippen LogP) is 4.97. The summed E-state index contributed by atoms with van der Waals surface area (Å²) in [4.78, 5) is 27.4. The topological polar surface area (TPSA) is 145 Å². The van der Waals surface area contributed by atoms with E-state index in [2.05, 4.69) is 75.7 Å². The van der Waals surface area contributed by atoms with Gasteiger partial charge in [-0.25, -0.2) is 0 Å². The minimum Gasteiger partial charge on any atom is -0.550 e. The summed E-state index contributed by atoms with van der Waals surface area (Å²) < 4.78 is 0. The molecule has 0 aliphatic rings. The van der Waals surface area contributed by atoms with Crippen molar-refractivity contribution in [1.29, 1.82) is 0 Å². The number of aliphatic carboxylic acids is 2. The van der Waals surface area contributed by atoms with Gasteiger partial charge in [-0.15, -0.1) is 0 Å². The van der Waals surface area contributed by atoms with Crippen LogP contribution in [0.4, 0.5) is 11.4 Å². The number of hydrogen-bond acceptors (Lipinski definition) is 8. The molecule has 0 spiro atoms. The monoisotopic (exact) mass is 715 g/mol. The van der Waals surface area contributed by atoms with E-state index < -0.39 is 28.1 Å². The van der Waals surface area contributed by atoms with Gasteiger partial charge in [0.15, 0.2) is 0 Å². The summed E-state index contributed by atoms with van der Waals surface area (Å²) in [6.07, 6.45) is 3.48. The van der Waals surface area contributed by atoms with Crippen LogP contribution in [0.1, 0.15) is 36.1 Å². The van der Waals surface area contributed by atoms with Crippen LogP contribution in [-0.2, 0) is 26.4 Å². The van der Waals surface area contributed by atoms with Gasteiger partial charge in [-0.3, -0.25) is 9.98 Å². The standard InChI is InChI=1S/C32H38N2O2Si2.2C2H4O2.Co/c1-21-13-27(37(3,4)5)15-25(31(21)35)19-33-29-17-23-11-9-10-12-24(23)18-30(29)34-20-26-16-28(38(6,7)8)14-22(2)32(26)36;2*1-2(3)4;/h9-20,35-36H,1-8H3;2*1H3,(H,3,4);/q;;;+2/p-2. The van der Waals surface area contributed by atoms with Crippen molar-refractivity contribution in [1.82, 2.24) is 0 Å². The molecule has 0 aliphatic heterocycles. The van der Waals surface area contributed by atoms with E-state index in [0.717, 1.165) is 35.7 Å². The number of benzene rings is 4. The number of hydrogen-bond donors (Lipinski definition) is 2. The first-order valence-electron chi connectivity index (χ1n) is 14.8. The molecule has 0 bridgehead atoms. The van der Waals surface area contributed by atoms with Crippen LogP contribution in [0.2, 0.25) is 39.3 Å². The third kappa shape index (κ3) is 12.6. The molecule has 0 atom stereocenters. The molecule has 4 aromatic carbocycles. The minimum absolute atomic E-state index is 0. The molecular weight excluding hydrogens is 672 g/mol. The number of aliphatic imine (C=N–C) groups is 2. The maximum absolute atomic E-state index is 10.8. The quantitative estimate of drug-likeness (QED) is 0.213. The van der Waals surface area contributed by atoms with Crippen LogP contribution in [-0.4, -0.2) is 50.7 Å². The molecule has 0 unspecified atom stereocenters. The maximum Gasteiger partial charge on any atom is 2.00 e. The fourth-order valence-corrected chi connectivity index (χ4v) is 6.85. The van der Waals surface area contributed by atoms with E-state index in [1.807, 2.05) is 38.1 Å². The van der Waals surface area contributed by atoms with Crippen molar-refractivity contribution in [2.24, 2.45) is 9.98 Å². The van der Waals surface area contributed by atoms with Gasteiger partial charge >= 0.3 is 16.8 Å². The second-order valence-corrected chi connectivity index (χ2v) is 23.3. The van der Waals surface area contributed by atoms with Gasteiger partial charge in [0.05, 0.1) is 27.5 Å². The summed E-state index contributed by atoms with van der Waals surface area (Å²) in [5.74, 6) is -1.66. The molecule has 0 fully saturated rings. The van der Waals surface area contributed by atoms with Gasteiger partial charge in [-0.1, -0.05) is 98.2 Å². The van der Waals surface area contributed by atoms with Crippen LogP contribution < -0.4 is 20.6 Å². The summed E-state index contributed by atoms with van der Waals surface area (Å²) in [6, 6.07) is 20.5. The number of nitrogens with zero attached hydrogens (tertiary/aromatic N) is 2. The van der Waals surface area contributed by atoms with Gasteiger partial charge in [0.1, 0.15) is 11.5 Å². The summed E-state index contributed by atoms with van der Waals surface area (Å²) >= 11 is 0. The van der Waals surface area contributed by atoms with Crippen LogP contribution in [0, 0.1) is 13.8 Å². The largest absolute Gasteiger partial charge is 2.00 e. The Labute approximate surface area is 290 Å². The maximum atomic E-state index is 10.8. The fourth-order valence-electron chi connectivity index (χ4n) is 4.38. The summed E-state index contributed by atoms with van der Waals surface area (Å²) in [5.41, 5.74) is 4.54. The van der Waals surface area contributed by atoms with E-state index in [4.69, 9.17) is 29.8 Å². The van der Waals surface area contributed by atoms with E-state index in [9.17, 15) is 10.2 Å². The van der Waals surface area contributed by atoms with Crippen molar-refractivity contribution in [2.75, 3.05) is 0 Å². The Morgan fingerprint density at radius 1 is 0.638 bits per heavy atom. The van der Waals surface area contributed by atoms with Gasteiger partial charge in [-0.05, 0) is 61.7 Å². The first-order valence-corrected chi connectivity index (χ1v) is 21.8. The van der Waals surface area contributed by atoms with Crippen molar-refractivity contribution in [2.45, 2.75) is 67.0 Å². The van der Waals surface area contributed by atoms with Crippen LogP contribution in [0.15, 0.2) is 70.6 Å². The Morgan fingerprint density at radius 2 is 0.936 bits per heavy atom. The normalized spacial score (nSPS) is 11.4. The molecule has 251 valence electrons. The zero-order chi connectivity index (χ0) is 35.0. The fraction of sp³-hybridized carbons (Fsp3) is 0.278. The number of carboxylic acid groups (broad SMARTS) is 2. The average molecular weight is 716 g/mol. The van der Waals surface area contributed by atoms with Crippen molar-refractivity contribution < 1.29 is 46.8 Å². The molecule has 4 aromatic rings. The van der Waals surface area contributed by atoms with Crippen molar-refractivity contribution in [3.8, 4) is 11.5 Å². The summed E-state index contributed by atoms with van der Waals surface area (Å²) in [7, 11) is -3.14. The third-order valence-corrected chi connectivity index (χ3v) is 11.0. The molecule has 0 heterocycles. The Hall–Kier alpha value is -4.04. The number of carbonyl (C=O) groups is 2. The number of aryl methyl sites for hydroxylation is 2. The molecule has 11 heteroatoms. The Balaban J connectivity index is 0.00000110. The smallest absolute Gasteiger partial charge is 0.550 e. The third-order valence-electron chi connectivity index (χ3n) is 6.92. The second kappa shape index (κ2) is 17.2. The Bertz CT molecular complexity index is 1650. The van der Waals surface area contributed by atoms with Gasteiger partial charge in [0, 0.05) is 35.5 Å². The second-order valence-electron chi connectivity index (χ2n) is 13.1. The molecular formula is C36H44CoN2O6Si2. The molecule has 0 aliphatic carbocycles. The van der Waals surface area contributed by atoms with Crippen LogP contribution in [0.3, 0.4) is 0 Å². The molecule has 8 nitrogen and oxygen atoms in total. The van der Waals surface area contributed by atoms with Gasteiger partial charge < -0.3 is 30.0 Å². The van der Waals surface area contributed by atoms with Gasteiger partial charge in [0.2, 0.25) is 0 Å². The number of rotatable bonds is 6. The van der Waals surface area contributed by atoms with Crippen molar-refractivity contribution in [3.05, 3.63) is 82.9 Å².